The van der Waals surface area contributed by atoms with Crippen LogP contribution in [0.1, 0.15) is 5.56 Å². The van der Waals surface area contributed by atoms with E-state index in [0.29, 0.717) is 17.7 Å². The zero-order valence-electron chi connectivity index (χ0n) is 16.1. The van der Waals surface area contributed by atoms with E-state index in [4.69, 9.17) is 0 Å². The van der Waals surface area contributed by atoms with Gasteiger partial charge in [-0.1, -0.05) is 17.7 Å². The molecule has 0 fully saturated rings. The highest BCUT2D eigenvalue weighted by Crippen LogP contribution is 2.63. The zero-order valence-corrected chi connectivity index (χ0v) is 16.1. The minimum atomic E-state index is -8.74. The fraction of sp³-hybridized carbons (Fsp3) is 0.562. The first kappa shape index (κ1) is 30.5. The fourth-order valence-corrected chi connectivity index (χ4v) is 2.15. The summed E-state index contributed by atoms with van der Waals surface area (Å²) in [5, 5.41) is 0.801. The van der Waals surface area contributed by atoms with E-state index in [1.165, 1.54) is 6.92 Å². The summed E-state index contributed by atoms with van der Waals surface area (Å²) < 4.78 is 224. The van der Waals surface area contributed by atoms with Crippen molar-refractivity contribution in [2.24, 2.45) is 0 Å². The third-order valence-electron chi connectivity index (χ3n) is 4.32. The number of amides is 1. The van der Waals surface area contributed by atoms with Crippen LogP contribution in [0.2, 0.25) is 0 Å². The normalized spacial score (nSPS) is 15.3. The van der Waals surface area contributed by atoms with Crippen LogP contribution in [0.3, 0.4) is 0 Å². The third kappa shape index (κ3) is 4.23. The van der Waals surface area contributed by atoms with Crippen LogP contribution in [-0.4, -0.2) is 53.5 Å². The molecule has 202 valence electrons. The summed E-state index contributed by atoms with van der Waals surface area (Å²) in [4.78, 5) is 11.4. The molecular formula is C16H8F17NO. The zero-order chi connectivity index (χ0) is 28.3. The lowest BCUT2D eigenvalue weighted by atomic mass is 9.89. The van der Waals surface area contributed by atoms with Crippen molar-refractivity contribution in [3.63, 3.8) is 0 Å². The standard InChI is InChI=1S/C16H8F17NO/c1-6-2-4-7(5-3-6)34-8(35)9(17,18)10(19,20)11(21,22)12(23,24)13(25,26)14(27,28)15(29,30)16(31,32)33/h2-5H,1H3,(H,34,35). The highest BCUT2D eigenvalue weighted by Gasteiger charge is 2.95. The fourth-order valence-electron chi connectivity index (χ4n) is 2.15. The number of rotatable bonds is 8. The van der Waals surface area contributed by atoms with Gasteiger partial charge in [0.25, 0.3) is 0 Å². The lowest BCUT2D eigenvalue weighted by Crippen LogP contribution is -2.75. The Labute approximate surface area is 182 Å². The van der Waals surface area contributed by atoms with Gasteiger partial charge in [0.1, 0.15) is 0 Å². The van der Waals surface area contributed by atoms with Crippen LogP contribution in [0.15, 0.2) is 24.3 Å². The minimum Gasteiger partial charge on any atom is -0.321 e. The summed E-state index contributed by atoms with van der Waals surface area (Å²) in [7, 11) is 0. The molecule has 0 unspecified atom stereocenters. The third-order valence-corrected chi connectivity index (χ3v) is 4.32. The van der Waals surface area contributed by atoms with E-state index in [2.05, 4.69) is 0 Å². The quantitative estimate of drug-likeness (QED) is 0.348. The van der Waals surface area contributed by atoms with Crippen LogP contribution in [0, 0.1) is 6.92 Å². The Morgan fingerprint density at radius 3 is 1.20 bits per heavy atom. The number of alkyl halides is 17. The predicted molar refractivity (Wildman–Crippen MR) is 80.5 cm³/mol. The smallest absolute Gasteiger partial charge is 0.321 e. The molecule has 1 amide bonds. The number of halogens is 17. The van der Waals surface area contributed by atoms with Crippen molar-refractivity contribution >= 4 is 11.6 Å². The molecule has 0 atom stereocenters. The Morgan fingerprint density at radius 2 is 0.857 bits per heavy atom. The van der Waals surface area contributed by atoms with Crippen LogP contribution in [0.4, 0.5) is 80.3 Å². The summed E-state index contributed by atoms with van der Waals surface area (Å²) in [5.74, 6) is -61.6. The van der Waals surface area contributed by atoms with Crippen molar-refractivity contribution in [2.75, 3.05) is 5.32 Å². The van der Waals surface area contributed by atoms with E-state index in [9.17, 15) is 79.4 Å². The van der Waals surface area contributed by atoms with Gasteiger partial charge in [-0.2, -0.15) is 74.6 Å². The van der Waals surface area contributed by atoms with Gasteiger partial charge in [-0.25, -0.2) is 0 Å². The van der Waals surface area contributed by atoms with Gasteiger partial charge >= 0.3 is 53.5 Å². The van der Waals surface area contributed by atoms with E-state index < -0.39 is 59.2 Å². The van der Waals surface area contributed by atoms with E-state index in [1.807, 2.05) is 0 Å². The van der Waals surface area contributed by atoms with E-state index in [1.54, 1.807) is 0 Å². The van der Waals surface area contributed by atoms with Crippen LogP contribution in [-0.2, 0) is 4.79 Å². The summed E-state index contributed by atoms with van der Waals surface area (Å²) >= 11 is 0. The number of carbonyl (C=O) groups is 1. The summed E-state index contributed by atoms with van der Waals surface area (Å²) in [6, 6.07) is 3.33. The molecule has 0 aliphatic rings. The van der Waals surface area contributed by atoms with E-state index in [0.717, 1.165) is 17.4 Å². The van der Waals surface area contributed by atoms with Gasteiger partial charge in [0, 0.05) is 5.69 Å². The number of carbonyl (C=O) groups excluding carboxylic acids is 1. The monoisotopic (exact) mass is 553 g/mol. The summed E-state index contributed by atoms with van der Waals surface area (Å²) in [5.41, 5.74) is -0.544. The van der Waals surface area contributed by atoms with E-state index >= 15 is 0 Å². The number of benzene rings is 1. The van der Waals surface area contributed by atoms with Crippen molar-refractivity contribution in [3.05, 3.63) is 29.8 Å². The topological polar surface area (TPSA) is 29.1 Å². The first-order valence-electron chi connectivity index (χ1n) is 8.24. The molecule has 0 aromatic heterocycles. The average Bonchev–Trinajstić information content (AvgIpc) is 2.67. The molecule has 1 rings (SSSR count). The molecule has 0 spiro atoms. The van der Waals surface area contributed by atoms with Gasteiger partial charge in [0.2, 0.25) is 0 Å². The SMILES string of the molecule is Cc1ccc(NC(=O)C(F)(F)C(F)(F)C(F)(F)C(F)(F)C(F)(F)C(F)(F)C(F)(F)C(F)(F)F)cc1. The average molecular weight is 553 g/mol. The molecule has 0 heterocycles. The Balaban J connectivity index is 3.56. The molecule has 1 aromatic rings. The lowest BCUT2D eigenvalue weighted by molar-refractivity contribution is -0.459. The number of hydrogen-bond acceptors (Lipinski definition) is 1. The van der Waals surface area contributed by atoms with Crippen molar-refractivity contribution in [1.82, 2.24) is 0 Å². The van der Waals surface area contributed by atoms with Crippen molar-refractivity contribution in [3.8, 4) is 0 Å². The number of nitrogens with one attached hydrogen (secondary N) is 1. The summed E-state index contributed by atoms with van der Waals surface area (Å²) in [6.45, 7) is 1.36. The maximum absolute atomic E-state index is 13.8. The van der Waals surface area contributed by atoms with E-state index in [-0.39, 0.29) is 0 Å². The van der Waals surface area contributed by atoms with Gasteiger partial charge in [0.15, 0.2) is 0 Å². The van der Waals surface area contributed by atoms with Gasteiger partial charge in [0.05, 0.1) is 0 Å². The Hall–Kier alpha value is -2.50. The number of aryl methyl sites for hydroxylation is 1. The van der Waals surface area contributed by atoms with Gasteiger partial charge in [-0.15, -0.1) is 0 Å². The molecule has 35 heavy (non-hydrogen) atoms. The van der Waals surface area contributed by atoms with Crippen molar-refractivity contribution < 1.29 is 79.4 Å². The van der Waals surface area contributed by atoms with Crippen molar-refractivity contribution in [2.45, 2.75) is 54.6 Å². The number of anilines is 1. The second kappa shape index (κ2) is 8.28. The van der Waals surface area contributed by atoms with Gasteiger partial charge < -0.3 is 5.32 Å². The molecular weight excluding hydrogens is 545 g/mol. The molecule has 0 bridgehead atoms. The first-order chi connectivity index (χ1) is 15.1. The Morgan fingerprint density at radius 1 is 0.543 bits per heavy atom. The molecule has 0 saturated heterocycles. The second-order valence-corrected chi connectivity index (χ2v) is 6.84. The lowest BCUT2D eigenvalue weighted by Gasteiger charge is -2.42. The molecule has 19 heteroatoms. The molecule has 1 N–H and O–H groups in total. The maximum Gasteiger partial charge on any atom is 0.460 e. The van der Waals surface area contributed by atoms with Crippen LogP contribution in [0.25, 0.3) is 0 Å². The molecule has 0 aliphatic carbocycles. The summed E-state index contributed by atoms with van der Waals surface area (Å²) in [6.07, 6.45) is -7.83. The first-order valence-corrected chi connectivity index (χ1v) is 8.24. The largest absolute Gasteiger partial charge is 0.460 e. The van der Waals surface area contributed by atoms with Crippen molar-refractivity contribution in [1.29, 1.82) is 0 Å². The second-order valence-electron chi connectivity index (χ2n) is 6.84. The Kier molecular flexibility index (Phi) is 7.22. The molecule has 0 aliphatic heterocycles. The predicted octanol–water partition coefficient (Wildman–Crippen LogP) is 6.94. The number of hydrogen-bond donors (Lipinski definition) is 1. The highest BCUT2D eigenvalue weighted by atomic mass is 19.4. The highest BCUT2D eigenvalue weighted by molar-refractivity contribution is 5.97. The van der Waals surface area contributed by atoms with Gasteiger partial charge in [-0.3, -0.25) is 4.79 Å². The molecule has 0 radical (unpaired) electrons. The van der Waals surface area contributed by atoms with Crippen LogP contribution >= 0.6 is 0 Å². The molecule has 2 nitrogen and oxygen atoms in total. The molecule has 0 saturated carbocycles. The van der Waals surface area contributed by atoms with Gasteiger partial charge in [-0.05, 0) is 19.1 Å². The Bertz CT molecular complexity index is 932. The van der Waals surface area contributed by atoms with Crippen LogP contribution < -0.4 is 5.32 Å². The molecule has 1 aromatic carbocycles. The minimum absolute atomic E-state index is 0.338. The maximum atomic E-state index is 13.8. The van der Waals surface area contributed by atoms with Crippen LogP contribution in [0.5, 0.6) is 0 Å².